The van der Waals surface area contributed by atoms with Gasteiger partial charge in [-0.15, -0.1) is 0 Å². The molecule has 0 aromatic rings. The molecule has 1 fully saturated rings. The van der Waals surface area contributed by atoms with E-state index in [4.69, 9.17) is 18.5 Å². The molecule has 13 heteroatoms. The molecule has 0 radical (unpaired) electrons. The van der Waals surface area contributed by atoms with Gasteiger partial charge in [-0.05, 0) is 38.5 Å². The summed E-state index contributed by atoms with van der Waals surface area (Å²) in [7, 11) is -5.02. The van der Waals surface area contributed by atoms with Gasteiger partial charge in [-0.1, -0.05) is 199 Å². The summed E-state index contributed by atoms with van der Waals surface area (Å²) in [6.07, 6.45) is 32.8. The van der Waals surface area contributed by atoms with Crippen LogP contribution in [0.25, 0.3) is 0 Å². The van der Waals surface area contributed by atoms with Crippen LogP contribution in [-0.2, 0) is 27.9 Å². The van der Waals surface area contributed by atoms with Crippen molar-refractivity contribution in [1.82, 2.24) is 0 Å². The molecule has 0 aromatic carbocycles. The molecule has 368 valence electrons. The Morgan fingerprint density at radius 2 is 0.855 bits per heavy atom. The van der Waals surface area contributed by atoms with Crippen LogP contribution in [0.4, 0.5) is 0 Å². The van der Waals surface area contributed by atoms with Crippen LogP contribution >= 0.6 is 7.82 Å². The first-order valence-corrected chi connectivity index (χ1v) is 27.0. The topological polar surface area (TPSA) is 192 Å². The van der Waals surface area contributed by atoms with Crippen molar-refractivity contribution in [2.45, 2.75) is 275 Å². The molecule has 6 unspecified atom stereocenters. The van der Waals surface area contributed by atoms with Gasteiger partial charge in [0.2, 0.25) is 0 Å². The number of unbranched alkanes of at least 4 members (excludes halogenated alkanes) is 30. The first-order chi connectivity index (χ1) is 30.0. The molecule has 1 saturated carbocycles. The summed E-state index contributed by atoms with van der Waals surface area (Å²) in [5.74, 6) is -0.481. The summed E-state index contributed by atoms with van der Waals surface area (Å²) in [5.41, 5.74) is 0. The third-order valence-corrected chi connectivity index (χ3v) is 13.1. The second-order valence-corrected chi connectivity index (χ2v) is 19.4. The Kier molecular flexibility index (Phi) is 38.5. The molecular weight excluding hydrogens is 812 g/mol. The maximum Gasteiger partial charge on any atom is 0.472 e. The smallest absolute Gasteiger partial charge is 0.457 e. The van der Waals surface area contributed by atoms with Crippen LogP contribution in [0.3, 0.4) is 0 Å². The summed E-state index contributed by atoms with van der Waals surface area (Å²) in [4.78, 5) is 23.2. The van der Waals surface area contributed by atoms with Gasteiger partial charge in [-0.25, -0.2) is 4.57 Å². The number of phosphoric acid groups is 1. The SMILES string of the molecule is CCCCCCCC/C=C\CCCCCCCC(=O)OC(COCCCCCCCCCCCCCCCCCCCCCC)COP(=O)(O)OC1C(O)C(O)C(O)C(O)C1O. The van der Waals surface area contributed by atoms with Crippen LogP contribution < -0.4 is 0 Å². The minimum absolute atomic E-state index is 0.0739. The van der Waals surface area contributed by atoms with E-state index in [1.165, 1.54) is 148 Å². The monoisotopic (exact) mass is 907 g/mol. The lowest BCUT2D eigenvalue weighted by Gasteiger charge is -2.41. The molecule has 0 aliphatic heterocycles. The second-order valence-electron chi connectivity index (χ2n) is 18.0. The number of carbonyl (C=O) groups is 1. The van der Waals surface area contributed by atoms with Gasteiger partial charge in [0.15, 0.2) is 0 Å². The van der Waals surface area contributed by atoms with Crippen molar-refractivity contribution in [3.8, 4) is 0 Å². The Morgan fingerprint density at radius 1 is 0.500 bits per heavy atom. The lowest BCUT2D eigenvalue weighted by Crippen LogP contribution is -2.64. The minimum Gasteiger partial charge on any atom is -0.457 e. The highest BCUT2D eigenvalue weighted by atomic mass is 31.2. The molecule has 6 N–H and O–H groups in total. The fourth-order valence-corrected chi connectivity index (χ4v) is 9.03. The van der Waals surface area contributed by atoms with E-state index in [0.717, 1.165) is 57.8 Å². The van der Waals surface area contributed by atoms with Gasteiger partial charge in [-0.2, -0.15) is 0 Å². The second kappa shape index (κ2) is 40.4. The van der Waals surface area contributed by atoms with Crippen molar-refractivity contribution in [3.05, 3.63) is 12.2 Å². The molecule has 62 heavy (non-hydrogen) atoms. The quantitative estimate of drug-likeness (QED) is 0.0147. The van der Waals surface area contributed by atoms with Crippen LogP contribution in [0.1, 0.15) is 232 Å². The Hall–Kier alpha value is -0.920. The average Bonchev–Trinajstić information content (AvgIpc) is 3.26. The normalized spacial score (nSPS) is 22.0. The summed E-state index contributed by atoms with van der Waals surface area (Å²) >= 11 is 0. The Balaban J connectivity index is 2.33. The van der Waals surface area contributed by atoms with Gasteiger partial charge < -0.3 is 39.9 Å². The Labute approximate surface area is 377 Å². The first-order valence-electron chi connectivity index (χ1n) is 25.5. The maximum absolute atomic E-state index is 12.8. The molecule has 0 bridgehead atoms. The zero-order valence-corrected chi connectivity index (χ0v) is 40.3. The van der Waals surface area contributed by atoms with Gasteiger partial charge in [0.1, 0.15) is 42.7 Å². The number of phosphoric ester groups is 1. The summed E-state index contributed by atoms with van der Waals surface area (Å²) in [5, 5.41) is 50.3. The molecule has 12 nitrogen and oxygen atoms in total. The number of aliphatic hydroxyl groups is 5. The predicted molar refractivity (Wildman–Crippen MR) is 249 cm³/mol. The largest absolute Gasteiger partial charge is 0.472 e. The molecule has 1 rings (SSSR count). The number of rotatable bonds is 44. The van der Waals surface area contributed by atoms with Crippen molar-refractivity contribution in [2.75, 3.05) is 19.8 Å². The van der Waals surface area contributed by atoms with E-state index in [-0.39, 0.29) is 13.0 Å². The third-order valence-electron chi connectivity index (χ3n) is 12.1. The van der Waals surface area contributed by atoms with E-state index in [0.29, 0.717) is 13.0 Å². The summed E-state index contributed by atoms with van der Waals surface area (Å²) < 4.78 is 34.3. The van der Waals surface area contributed by atoms with Crippen molar-refractivity contribution in [3.63, 3.8) is 0 Å². The van der Waals surface area contributed by atoms with Gasteiger partial charge in [0.25, 0.3) is 0 Å². The van der Waals surface area contributed by atoms with Gasteiger partial charge in [-0.3, -0.25) is 13.8 Å². The van der Waals surface area contributed by atoms with E-state index in [9.17, 15) is 39.8 Å². The van der Waals surface area contributed by atoms with Gasteiger partial charge in [0, 0.05) is 13.0 Å². The molecule has 0 heterocycles. The first kappa shape index (κ1) is 59.1. The van der Waals surface area contributed by atoms with Crippen LogP contribution in [0, 0.1) is 0 Å². The highest BCUT2D eigenvalue weighted by Crippen LogP contribution is 2.47. The average molecular weight is 907 g/mol. The summed E-state index contributed by atoms with van der Waals surface area (Å²) in [6.45, 7) is 4.29. The molecule has 0 saturated heterocycles. The molecular formula is C49H95O12P. The van der Waals surface area contributed by atoms with Gasteiger partial charge in [0.05, 0.1) is 13.2 Å². The lowest BCUT2D eigenvalue weighted by molar-refractivity contribution is -0.220. The number of aliphatic hydroxyl groups excluding tert-OH is 5. The molecule has 0 spiro atoms. The highest BCUT2D eigenvalue weighted by molar-refractivity contribution is 7.47. The minimum atomic E-state index is -5.02. The zero-order chi connectivity index (χ0) is 45.5. The Bertz CT molecular complexity index is 1080. The van der Waals surface area contributed by atoms with Crippen molar-refractivity contribution >= 4 is 13.8 Å². The molecule has 6 atom stereocenters. The van der Waals surface area contributed by atoms with Crippen molar-refractivity contribution in [1.29, 1.82) is 0 Å². The highest BCUT2D eigenvalue weighted by Gasteiger charge is 2.51. The number of hydrogen-bond acceptors (Lipinski definition) is 11. The molecule has 1 aliphatic rings. The number of esters is 1. The van der Waals surface area contributed by atoms with Crippen molar-refractivity contribution < 1.29 is 58.3 Å². The fourth-order valence-electron chi connectivity index (χ4n) is 8.06. The third kappa shape index (κ3) is 31.9. The number of carbonyl (C=O) groups excluding carboxylic acids is 1. The zero-order valence-electron chi connectivity index (χ0n) is 39.4. The van der Waals surface area contributed by atoms with E-state index >= 15 is 0 Å². The van der Waals surface area contributed by atoms with E-state index in [2.05, 4.69) is 26.0 Å². The summed E-state index contributed by atoms with van der Waals surface area (Å²) in [6, 6.07) is 0. The van der Waals surface area contributed by atoms with Crippen LogP contribution in [0.2, 0.25) is 0 Å². The Morgan fingerprint density at radius 3 is 1.27 bits per heavy atom. The van der Waals surface area contributed by atoms with E-state index in [1.54, 1.807) is 0 Å². The number of hydrogen-bond donors (Lipinski definition) is 6. The van der Waals surface area contributed by atoms with Crippen molar-refractivity contribution in [2.24, 2.45) is 0 Å². The van der Waals surface area contributed by atoms with E-state index < -0.39 is 63.1 Å². The molecule has 1 aliphatic carbocycles. The van der Waals surface area contributed by atoms with Crippen LogP contribution in [-0.4, -0.2) is 98.9 Å². The fraction of sp³-hybridized carbons (Fsp3) is 0.939. The number of ether oxygens (including phenoxy) is 2. The van der Waals surface area contributed by atoms with E-state index in [1.807, 2.05) is 0 Å². The lowest BCUT2D eigenvalue weighted by atomic mass is 9.85. The van der Waals surface area contributed by atoms with Gasteiger partial charge >= 0.3 is 13.8 Å². The number of allylic oxidation sites excluding steroid dienone is 2. The standard InChI is InChI=1S/C49H95O12P/c1-3-5-7-9-11-13-15-17-19-20-21-22-23-25-27-29-31-33-35-37-39-58-40-42(41-59-62(56,57)61-49-47(54)45(52)44(51)46(53)48(49)55)60-43(50)38-36-34-32-30-28-26-24-18-16-14-12-10-8-6-4-2/h18,24,42,44-49,51-55H,3-17,19-23,25-41H2,1-2H3,(H,56,57)/b24-18-. The maximum atomic E-state index is 12.8. The van der Waals surface area contributed by atoms with Crippen LogP contribution in [0.15, 0.2) is 12.2 Å². The molecule has 0 amide bonds. The predicted octanol–water partition coefficient (Wildman–Crippen LogP) is 11.1. The van der Waals surface area contributed by atoms with Crippen LogP contribution in [0.5, 0.6) is 0 Å². The molecule has 0 aromatic heterocycles.